The molecule has 3 heterocycles. The van der Waals surface area contributed by atoms with E-state index in [-0.39, 0.29) is 30.9 Å². The van der Waals surface area contributed by atoms with E-state index < -0.39 is 5.91 Å². The molecule has 0 saturated carbocycles. The Bertz CT molecular complexity index is 1760. The van der Waals surface area contributed by atoms with Crippen molar-refractivity contribution < 1.29 is 24.2 Å². The molecule has 5 rings (SSSR count). The third kappa shape index (κ3) is 8.93. The zero-order valence-electron chi connectivity index (χ0n) is 26.1. The number of carbonyl (C=O) groups is 2. The molecule has 0 radical (unpaired) electrons. The first-order chi connectivity index (χ1) is 23.3. The van der Waals surface area contributed by atoms with Crippen LogP contribution in [-0.4, -0.2) is 59.7 Å². The van der Waals surface area contributed by atoms with Crippen LogP contribution in [0, 0.1) is 0 Å². The number of nitrogens with one attached hydrogen (secondary N) is 4. The van der Waals surface area contributed by atoms with Crippen molar-refractivity contribution in [2.24, 2.45) is 0 Å². The number of aromatic nitrogens is 2. The number of aliphatic hydroxyl groups is 1. The number of hydrogen-bond acceptors (Lipinski definition) is 9. The van der Waals surface area contributed by atoms with Crippen LogP contribution in [-0.2, 0) is 24.5 Å². The summed E-state index contributed by atoms with van der Waals surface area (Å²) in [5.41, 5.74) is 3.93. The van der Waals surface area contributed by atoms with Crippen molar-refractivity contribution in [2.45, 2.75) is 38.6 Å². The van der Waals surface area contributed by atoms with Gasteiger partial charge >= 0.3 is 0 Å². The van der Waals surface area contributed by atoms with E-state index in [9.17, 15) is 9.59 Å². The minimum atomic E-state index is -0.420. The highest BCUT2D eigenvalue weighted by Crippen LogP contribution is 2.41. The lowest BCUT2D eigenvalue weighted by atomic mass is 10.0. The van der Waals surface area contributed by atoms with E-state index in [0.717, 1.165) is 17.5 Å². The first-order valence-corrected chi connectivity index (χ1v) is 16.4. The average molecular weight is 714 g/mol. The number of benzene rings is 2. The number of methoxy groups -OCH3 is 1. The van der Waals surface area contributed by atoms with Gasteiger partial charge in [-0.3, -0.25) is 14.6 Å². The molecule has 14 heteroatoms. The van der Waals surface area contributed by atoms with Crippen molar-refractivity contribution >= 4 is 52.3 Å². The van der Waals surface area contributed by atoms with E-state index in [4.69, 9.17) is 49.4 Å². The van der Waals surface area contributed by atoms with Gasteiger partial charge in [0.25, 0.3) is 5.91 Å². The number of halogens is 3. The number of carbonyl (C=O) groups excluding carboxylic acids is 2. The molecule has 0 spiro atoms. The lowest BCUT2D eigenvalue weighted by Gasteiger charge is -2.16. The zero-order valence-corrected chi connectivity index (χ0v) is 28.4. The first kappa shape index (κ1) is 35.3. The third-order valence-corrected chi connectivity index (χ3v) is 8.74. The molecule has 4 aromatic rings. The van der Waals surface area contributed by atoms with Crippen LogP contribution in [0.3, 0.4) is 0 Å². The van der Waals surface area contributed by atoms with Gasteiger partial charge < -0.3 is 35.8 Å². The minimum absolute atomic E-state index is 0.0211. The molecular weight excluding hydrogens is 679 g/mol. The van der Waals surface area contributed by atoms with Crippen molar-refractivity contribution in [2.75, 3.05) is 32.1 Å². The Hall–Kier alpha value is -3.97. The van der Waals surface area contributed by atoms with Crippen molar-refractivity contribution in [1.82, 2.24) is 25.9 Å². The number of nitrogens with zero attached hydrogens (tertiary/aromatic N) is 2. The minimum Gasteiger partial charge on any atom is -0.486 e. The maximum atomic E-state index is 13.0. The molecule has 48 heavy (non-hydrogen) atoms. The van der Waals surface area contributed by atoms with E-state index in [1.54, 1.807) is 60.8 Å². The summed E-state index contributed by atoms with van der Waals surface area (Å²) in [5, 5.41) is 22.1. The van der Waals surface area contributed by atoms with E-state index in [1.165, 1.54) is 7.11 Å². The summed E-state index contributed by atoms with van der Waals surface area (Å²) in [5.74, 6) is 0.447. The van der Waals surface area contributed by atoms with Gasteiger partial charge in [-0.25, -0.2) is 4.98 Å². The van der Waals surface area contributed by atoms with Crippen molar-refractivity contribution in [3.8, 4) is 22.8 Å². The average Bonchev–Trinajstić information content (AvgIpc) is 3.51. The molecule has 1 aliphatic rings. The quantitative estimate of drug-likeness (QED) is 0.102. The monoisotopic (exact) mass is 712 g/mol. The Kier molecular flexibility index (Phi) is 12.5. The molecule has 0 bridgehead atoms. The van der Waals surface area contributed by atoms with Gasteiger partial charge in [-0.2, -0.15) is 0 Å². The van der Waals surface area contributed by atoms with Gasteiger partial charge in [0.15, 0.2) is 0 Å². The Morgan fingerprint density at radius 1 is 1.04 bits per heavy atom. The number of anilines is 1. The molecule has 252 valence electrons. The molecular formula is C34H35Cl3N6O5. The highest BCUT2D eigenvalue weighted by Gasteiger charge is 2.21. The van der Waals surface area contributed by atoms with Crippen LogP contribution >= 0.6 is 34.8 Å². The first-order valence-electron chi connectivity index (χ1n) is 15.3. The van der Waals surface area contributed by atoms with Gasteiger partial charge in [0, 0.05) is 61.5 Å². The number of hydrogen-bond donors (Lipinski definition) is 5. The van der Waals surface area contributed by atoms with Gasteiger partial charge in [-0.1, -0.05) is 65.1 Å². The summed E-state index contributed by atoms with van der Waals surface area (Å²) in [4.78, 5) is 33.2. The van der Waals surface area contributed by atoms with Crippen molar-refractivity contribution in [3.05, 3.63) is 98.4 Å². The van der Waals surface area contributed by atoms with Crippen molar-refractivity contribution in [1.29, 1.82) is 0 Å². The van der Waals surface area contributed by atoms with Crippen LogP contribution in [0.2, 0.25) is 15.1 Å². The van der Waals surface area contributed by atoms with E-state index in [0.29, 0.717) is 81.8 Å². The molecule has 1 saturated heterocycles. The van der Waals surface area contributed by atoms with Gasteiger partial charge in [0.2, 0.25) is 11.8 Å². The molecule has 2 amide bonds. The summed E-state index contributed by atoms with van der Waals surface area (Å²) in [6.07, 6.45) is 2.95. The highest BCUT2D eigenvalue weighted by atomic mass is 35.5. The predicted molar refractivity (Wildman–Crippen MR) is 186 cm³/mol. The number of amides is 2. The second-order valence-electron chi connectivity index (χ2n) is 11.0. The normalized spacial score (nSPS) is 14.1. The van der Waals surface area contributed by atoms with E-state index in [1.807, 2.05) is 0 Å². The summed E-state index contributed by atoms with van der Waals surface area (Å²) in [6, 6.07) is 15.9. The van der Waals surface area contributed by atoms with Crippen LogP contribution in [0.4, 0.5) is 5.69 Å². The second kappa shape index (κ2) is 16.9. The maximum absolute atomic E-state index is 13.0. The predicted octanol–water partition coefficient (Wildman–Crippen LogP) is 5.39. The second-order valence-corrected chi connectivity index (χ2v) is 12.2. The van der Waals surface area contributed by atoms with Gasteiger partial charge in [0.05, 0.1) is 34.5 Å². The fourth-order valence-electron chi connectivity index (χ4n) is 5.14. The standard InChI is InChI=1S/C34H35Cl3N6O5/c1-47-34-21(17-39-18-22-9-11-30(45)41-22)14-25(35)28(43-34)19-48-29-7-3-5-24(32(29)37)23-4-2-6-26(31(23)36)42-33(46)27-10-8-20(16-40-27)15-38-12-13-44/h2-8,10,14,16,22,38-39,44H,9,11-13,15,17-19H2,1H3,(H,41,45)(H,42,46)/t22-/m0/s1. The molecule has 0 unspecified atom stereocenters. The lowest BCUT2D eigenvalue weighted by Crippen LogP contribution is -2.35. The van der Waals surface area contributed by atoms with Crippen LogP contribution in [0.25, 0.3) is 11.1 Å². The molecule has 11 nitrogen and oxygen atoms in total. The van der Waals surface area contributed by atoms with Crippen LogP contribution < -0.4 is 30.7 Å². The lowest BCUT2D eigenvalue weighted by molar-refractivity contribution is -0.119. The fourth-order valence-corrected chi connectivity index (χ4v) is 5.92. The van der Waals surface area contributed by atoms with Crippen LogP contribution in [0.15, 0.2) is 60.8 Å². The number of pyridine rings is 2. The Morgan fingerprint density at radius 2 is 1.83 bits per heavy atom. The van der Waals surface area contributed by atoms with Crippen LogP contribution in [0.5, 0.6) is 11.6 Å². The van der Waals surface area contributed by atoms with E-state index >= 15 is 0 Å². The van der Waals surface area contributed by atoms with Crippen molar-refractivity contribution in [3.63, 3.8) is 0 Å². The maximum Gasteiger partial charge on any atom is 0.274 e. The van der Waals surface area contributed by atoms with E-state index in [2.05, 4.69) is 31.2 Å². The summed E-state index contributed by atoms with van der Waals surface area (Å²) >= 11 is 20.2. The van der Waals surface area contributed by atoms with Gasteiger partial charge in [-0.05, 0) is 36.2 Å². The number of rotatable bonds is 15. The molecule has 1 fully saturated rings. The molecule has 1 aliphatic heterocycles. The summed E-state index contributed by atoms with van der Waals surface area (Å²) in [7, 11) is 1.54. The SMILES string of the molecule is COc1nc(COc2cccc(-c3cccc(NC(=O)c4ccc(CNCCO)cn4)c3Cl)c2Cl)c(Cl)cc1CNC[C@@H]1CCC(=O)N1. The highest BCUT2D eigenvalue weighted by molar-refractivity contribution is 6.39. The van der Waals surface area contributed by atoms with Gasteiger partial charge in [-0.15, -0.1) is 0 Å². The largest absolute Gasteiger partial charge is 0.486 e. The Balaban J connectivity index is 1.25. The topological polar surface area (TPSA) is 147 Å². The smallest absolute Gasteiger partial charge is 0.274 e. The van der Waals surface area contributed by atoms with Gasteiger partial charge in [0.1, 0.15) is 23.7 Å². The molecule has 2 aromatic carbocycles. The molecule has 2 aromatic heterocycles. The molecule has 1 atom stereocenters. The molecule has 0 aliphatic carbocycles. The summed E-state index contributed by atoms with van der Waals surface area (Å²) < 4.78 is 11.6. The summed E-state index contributed by atoms with van der Waals surface area (Å²) in [6.45, 7) is 2.14. The zero-order chi connectivity index (χ0) is 34.0. The Morgan fingerprint density at radius 3 is 2.54 bits per heavy atom. The third-order valence-electron chi connectivity index (χ3n) is 7.61. The molecule has 5 N–H and O–H groups in total. The fraction of sp³-hybridized carbons (Fsp3) is 0.294. The number of aliphatic hydroxyl groups excluding tert-OH is 1. The number of ether oxygens (including phenoxy) is 2. The Labute approximate surface area is 293 Å². The van der Waals surface area contributed by atoms with Crippen LogP contribution in [0.1, 0.15) is 40.2 Å².